The lowest BCUT2D eigenvalue weighted by molar-refractivity contribution is -0.699. The van der Waals surface area contributed by atoms with Gasteiger partial charge >= 0.3 is 0 Å². The second-order valence-corrected chi connectivity index (χ2v) is 12.5. The Balaban J connectivity index is 1.54. The number of anilines is 1. The van der Waals surface area contributed by atoms with Gasteiger partial charge in [-0.05, 0) is 80.6 Å². The number of hydrogen-bond donors (Lipinski definition) is 4. The molecule has 44 heavy (non-hydrogen) atoms. The lowest BCUT2D eigenvalue weighted by atomic mass is 9.85. The highest BCUT2D eigenvalue weighted by atomic mass is 19.1. The molecule has 2 aromatic carbocycles. The summed E-state index contributed by atoms with van der Waals surface area (Å²) < 4.78 is 27.0. The molecule has 2 aliphatic heterocycles. The summed E-state index contributed by atoms with van der Waals surface area (Å²) in [6.45, 7) is 8.67. The second-order valence-electron chi connectivity index (χ2n) is 12.5. The molecule has 10 nitrogen and oxygen atoms in total. The van der Waals surface area contributed by atoms with Crippen LogP contribution in [-0.4, -0.2) is 72.3 Å². The normalized spacial score (nSPS) is 18.0. The van der Waals surface area contributed by atoms with E-state index in [4.69, 9.17) is 0 Å². The number of nitrogens with one attached hydrogen (secondary N) is 3. The summed E-state index contributed by atoms with van der Waals surface area (Å²) in [4.78, 5) is 44.2. The highest BCUT2D eigenvalue weighted by molar-refractivity contribution is 5.93. The fourth-order valence-corrected chi connectivity index (χ4v) is 5.38. The van der Waals surface area contributed by atoms with Crippen molar-refractivity contribution in [2.75, 3.05) is 31.7 Å². The van der Waals surface area contributed by atoms with Crippen molar-refractivity contribution in [1.29, 1.82) is 0 Å². The minimum absolute atomic E-state index is 0.170. The molecule has 1 saturated heterocycles. The topological polar surface area (TPSA) is 114 Å². The number of nitrogens with two attached hydrogens (primary N) is 1. The molecule has 1 fully saturated rings. The van der Waals surface area contributed by atoms with E-state index in [1.807, 2.05) is 20.8 Å². The molecule has 4 rings (SSSR count). The number of benzene rings is 2. The van der Waals surface area contributed by atoms with Crippen LogP contribution in [0.3, 0.4) is 0 Å². The van der Waals surface area contributed by atoms with Gasteiger partial charge in [-0.3, -0.25) is 14.4 Å². The number of hydrogen-bond acceptors (Lipinski definition) is 6. The number of nitrogens with zero attached hydrogens (tertiary/aromatic N) is 3. The summed E-state index contributed by atoms with van der Waals surface area (Å²) in [5.41, 5.74) is 6.04. The number of amides is 3. The Morgan fingerprint density at radius 3 is 2.32 bits per heavy atom. The van der Waals surface area contributed by atoms with Crippen LogP contribution in [0.1, 0.15) is 46.1 Å². The van der Waals surface area contributed by atoms with Crippen molar-refractivity contribution >= 4 is 23.4 Å². The summed E-state index contributed by atoms with van der Waals surface area (Å²) in [5, 5.41) is 7.57. The Morgan fingerprint density at radius 2 is 1.70 bits per heavy atom. The van der Waals surface area contributed by atoms with Crippen LogP contribution in [0.5, 0.6) is 0 Å². The standard InChI is InChI=1S/C32H43F2N7O3/c1-21(35-5)29(42)36-28(32(2,3)4)31(44)40-17-6-7-26(40)19-39(18-16-22-8-10-23(33)11-9-22)30(43)27-20-41(38-37-27)25-14-12-24(34)13-15-25/h8-15,20-21,26,28,35,37-38H,6-7,16-19H2,1-5H3,(H,36,42)/p+1/t21-,26-,28+/m0/s1. The molecule has 238 valence electrons. The second kappa shape index (κ2) is 14.2. The zero-order valence-electron chi connectivity index (χ0n) is 26.1. The van der Waals surface area contributed by atoms with Crippen molar-refractivity contribution < 1.29 is 28.7 Å². The van der Waals surface area contributed by atoms with E-state index < -0.39 is 17.5 Å². The lowest BCUT2D eigenvalue weighted by Crippen LogP contribution is -2.98. The van der Waals surface area contributed by atoms with Gasteiger partial charge in [0.25, 0.3) is 5.91 Å². The maximum atomic E-state index is 14.0. The van der Waals surface area contributed by atoms with E-state index in [0.717, 1.165) is 12.0 Å². The molecule has 0 bridgehead atoms. The Bertz CT molecular complexity index is 1350. The van der Waals surface area contributed by atoms with E-state index >= 15 is 0 Å². The van der Waals surface area contributed by atoms with Crippen molar-refractivity contribution in [3.05, 3.63) is 77.6 Å². The van der Waals surface area contributed by atoms with Gasteiger partial charge in [0.2, 0.25) is 11.8 Å². The molecule has 0 saturated carbocycles. The lowest BCUT2D eigenvalue weighted by Gasteiger charge is -2.37. The molecule has 2 heterocycles. The first-order valence-electron chi connectivity index (χ1n) is 15.0. The SMILES string of the molecule is CN[C@@H](C)C(=O)N[C@H](C(=O)N1CCC[C@H]1CN(CCc1ccc(F)cc1)C(=O)C1=CN(c2ccc(F)cc2)[NH2+]N1)C(C)(C)C. The third-order valence-corrected chi connectivity index (χ3v) is 8.17. The third kappa shape index (κ3) is 8.11. The van der Waals surface area contributed by atoms with E-state index in [1.165, 1.54) is 24.3 Å². The molecular weight excluding hydrogens is 568 g/mol. The molecule has 2 aliphatic rings. The number of carbonyl (C=O) groups excluding carboxylic acids is 3. The van der Waals surface area contributed by atoms with Crippen LogP contribution >= 0.6 is 0 Å². The minimum Gasteiger partial charge on any atom is -0.342 e. The average molecular weight is 613 g/mol. The van der Waals surface area contributed by atoms with E-state index in [-0.39, 0.29) is 35.4 Å². The molecule has 0 unspecified atom stereocenters. The number of quaternary nitrogens is 1. The van der Waals surface area contributed by atoms with E-state index in [2.05, 4.69) is 16.1 Å². The van der Waals surface area contributed by atoms with E-state index in [9.17, 15) is 23.2 Å². The summed E-state index contributed by atoms with van der Waals surface area (Å²) in [7, 11) is 1.69. The number of rotatable bonds is 11. The van der Waals surface area contributed by atoms with Crippen molar-refractivity contribution in [3.8, 4) is 0 Å². The van der Waals surface area contributed by atoms with E-state index in [0.29, 0.717) is 43.9 Å². The number of likely N-dealkylation sites (tertiary alicyclic amines) is 1. The average Bonchev–Trinajstić information content (AvgIpc) is 3.68. The molecule has 3 amide bonds. The van der Waals surface area contributed by atoms with Crippen LogP contribution in [-0.2, 0) is 20.8 Å². The largest absolute Gasteiger partial charge is 0.342 e. The monoisotopic (exact) mass is 612 g/mol. The molecule has 0 aliphatic carbocycles. The Labute approximate surface area is 257 Å². The Morgan fingerprint density at radius 1 is 1.07 bits per heavy atom. The van der Waals surface area contributed by atoms with Crippen LogP contribution in [0.2, 0.25) is 0 Å². The van der Waals surface area contributed by atoms with Crippen LogP contribution in [0, 0.1) is 17.0 Å². The maximum Gasteiger partial charge on any atom is 0.277 e. The molecule has 0 radical (unpaired) electrons. The molecule has 3 atom stereocenters. The van der Waals surface area contributed by atoms with Gasteiger partial charge in [0.1, 0.15) is 17.7 Å². The molecular formula is C32H44F2N7O3+. The van der Waals surface area contributed by atoms with Crippen LogP contribution in [0.25, 0.3) is 0 Å². The van der Waals surface area contributed by atoms with Gasteiger partial charge in [-0.25, -0.2) is 14.2 Å². The zero-order valence-corrected chi connectivity index (χ0v) is 26.1. The molecule has 5 N–H and O–H groups in total. The number of carbonyl (C=O) groups is 3. The predicted molar refractivity (Wildman–Crippen MR) is 163 cm³/mol. The first kappa shape index (κ1) is 32.9. The van der Waals surface area contributed by atoms with Gasteiger partial charge in [0.05, 0.1) is 17.9 Å². The van der Waals surface area contributed by atoms with Gasteiger partial charge < -0.3 is 20.4 Å². The van der Waals surface area contributed by atoms with Gasteiger partial charge in [0, 0.05) is 25.7 Å². The predicted octanol–water partition coefficient (Wildman–Crippen LogP) is 1.81. The van der Waals surface area contributed by atoms with Crippen molar-refractivity contribution in [2.45, 2.75) is 65.1 Å². The van der Waals surface area contributed by atoms with Crippen LogP contribution in [0.15, 0.2) is 60.4 Å². The van der Waals surface area contributed by atoms with Crippen LogP contribution < -0.4 is 26.6 Å². The third-order valence-electron chi connectivity index (χ3n) is 8.17. The first-order chi connectivity index (χ1) is 20.9. The summed E-state index contributed by atoms with van der Waals surface area (Å²) in [5.74, 6) is -1.36. The van der Waals surface area contributed by atoms with Gasteiger partial charge in [-0.1, -0.05) is 32.9 Å². The van der Waals surface area contributed by atoms with Crippen molar-refractivity contribution in [3.63, 3.8) is 0 Å². The minimum atomic E-state index is -0.743. The fraction of sp³-hybridized carbons (Fsp3) is 0.469. The summed E-state index contributed by atoms with van der Waals surface area (Å²) >= 11 is 0. The summed E-state index contributed by atoms with van der Waals surface area (Å²) in [6, 6.07) is 10.7. The quantitative estimate of drug-likeness (QED) is 0.288. The Kier molecular flexibility index (Phi) is 10.6. The van der Waals surface area contributed by atoms with Crippen molar-refractivity contribution in [2.24, 2.45) is 5.41 Å². The number of likely N-dealkylation sites (N-methyl/N-ethyl adjacent to an activating group) is 1. The highest BCUT2D eigenvalue weighted by Crippen LogP contribution is 2.27. The van der Waals surface area contributed by atoms with Gasteiger partial charge in [-0.2, -0.15) is 5.01 Å². The molecule has 12 heteroatoms. The smallest absolute Gasteiger partial charge is 0.277 e. The van der Waals surface area contributed by atoms with Gasteiger partial charge in [-0.15, -0.1) is 5.53 Å². The van der Waals surface area contributed by atoms with E-state index in [1.54, 1.807) is 64.8 Å². The summed E-state index contributed by atoms with van der Waals surface area (Å²) in [6.07, 6.45) is 3.64. The fourth-order valence-electron chi connectivity index (χ4n) is 5.38. The maximum absolute atomic E-state index is 14.0. The molecule has 2 aromatic rings. The molecule has 0 spiro atoms. The number of halogens is 2. The zero-order chi connectivity index (χ0) is 32.0. The highest BCUT2D eigenvalue weighted by Gasteiger charge is 2.41. The van der Waals surface area contributed by atoms with Crippen LogP contribution in [0.4, 0.5) is 14.5 Å². The van der Waals surface area contributed by atoms with Gasteiger partial charge in [0.15, 0.2) is 5.70 Å². The van der Waals surface area contributed by atoms with Crippen molar-refractivity contribution in [1.82, 2.24) is 25.9 Å². The Hall–Kier alpha value is -4.03. The first-order valence-corrected chi connectivity index (χ1v) is 15.0. The molecule has 0 aromatic heterocycles.